The molecule has 84 valence electrons. The molecule has 1 rings (SSSR count). The third-order valence-corrected chi connectivity index (χ3v) is 2.49. The van der Waals surface area contributed by atoms with E-state index in [0.29, 0.717) is 12.6 Å². The summed E-state index contributed by atoms with van der Waals surface area (Å²) in [5, 5.41) is 3.97. The molecule has 0 aliphatic heterocycles. The van der Waals surface area contributed by atoms with Crippen LogP contribution in [0.4, 0.5) is 11.8 Å². The van der Waals surface area contributed by atoms with Crippen molar-refractivity contribution in [3.63, 3.8) is 0 Å². The fourth-order valence-corrected chi connectivity index (χ4v) is 1.83. The Morgan fingerprint density at radius 3 is 3.00 bits per heavy atom. The summed E-state index contributed by atoms with van der Waals surface area (Å²) < 4.78 is 4.96. The van der Waals surface area contributed by atoms with Crippen LogP contribution in [-0.2, 0) is 4.74 Å². The highest BCUT2D eigenvalue weighted by Crippen LogP contribution is 2.18. The van der Waals surface area contributed by atoms with Gasteiger partial charge in [-0.1, -0.05) is 0 Å². The molecule has 0 bridgehead atoms. The van der Waals surface area contributed by atoms with Gasteiger partial charge in [0.2, 0.25) is 5.95 Å². The number of hydrogen-bond acceptors (Lipinski definition) is 6. The molecule has 0 amide bonds. The highest BCUT2D eigenvalue weighted by Gasteiger charge is 2.01. The van der Waals surface area contributed by atoms with Gasteiger partial charge in [0.05, 0.1) is 6.61 Å². The van der Waals surface area contributed by atoms with Crippen molar-refractivity contribution in [2.24, 2.45) is 0 Å². The van der Waals surface area contributed by atoms with Crippen molar-refractivity contribution in [1.29, 1.82) is 0 Å². The number of thioether (sulfide) groups is 1. The Hall–Kier alpha value is -1.01. The second kappa shape index (κ2) is 6.47. The average Bonchev–Trinajstić information content (AvgIpc) is 2.18. The molecule has 0 radical (unpaired) electrons. The fraction of sp³-hybridized carbons (Fsp3) is 0.556. The maximum atomic E-state index is 5.59. The van der Waals surface area contributed by atoms with Gasteiger partial charge in [0, 0.05) is 25.5 Å². The number of rotatable bonds is 6. The van der Waals surface area contributed by atoms with Crippen molar-refractivity contribution >= 4 is 23.5 Å². The molecule has 0 aliphatic carbocycles. The molecule has 6 heteroatoms. The van der Waals surface area contributed by atoms with Crippen LogP contribution in [0.15, 0.2) is 11.1 Å². The second-order valence-corrected chi connectivity index (χ2v) is 3.94. The van der Waals surface area contributed by atoms with Crippen LogP contribution in [0.5, 0.6) is 0 Å². The molecular weight excluding hydrogens is 212 g/mol. The smallest absolute Gasteiger partial charge is 0.223 e. The van der Waals surface area contributed by atoms with E-state index in [2.05, 4.69) is 15.3 Å². The van der Waals surface area contributed by atoms with E-state index in [9.17, 15) is 0 Å². The molecule has 15 heavy (non-hydrogen) atoms. The number of nitrogens with zero attached hydrogens (tertiary/aromatic N) is 2. The molecule has 1 aromatic heterocycles. The zero-order chi connectivity index (χ0) is 11.1. The van der Waals surface area contributed by atoms with Crippen LogP contribution in [0.25, 0.3) is 0 Å². The number of nitrogens with one attached hydrogen (secondary N) is 1. The highest BCUT2D eigenvalue weighted by atomic mass is 32.2. The van der Waals surface area contributed by atoms with E-state index in [1.807, 2.05) is 13.0 Å². The summed E-state index contributed by atoms with van der Waals surface area (Å²) in [6.45, 7) is 3.53. The summed E-state index contributed by atoms with van der Waals surface area (Å²) in [6, 6.07) is 1.89. The molecule has 1 aromatic rings. The Morgan fingerprint density at radius 2 is 2.33 bits per heavy atom. The minimum atomic E-state index is 0.299. The Labute approximate surface area is 93.8 Å². The summed E-state index contributed by atoms with van der Waals surface area (Å²) in [6.07, 6.45) is 0. The first-order valence-electron chi connectivity index (χ1n) is 4.76. The zero-order valence-corrected chi connectivity index (χ0v) is 9.80. The van der Waals surface area contributed by atoms with E-state index < -0.39 is 0 Å². The molecule has 0 fully saturated rings. The third-order valence-electron chi connectivity index (χ3n) is 1.62. The Balaban J connectivity index is 2.62. The van der Waals surface area contributed by atoms with Gasteiger partial charge in [0.15, 0.2) is 0 Å². The first-order chi connectivity index (χ1) is 7.26. The van der Waals surface area contributed by atoms with Gasteiger partial charge in [-0.3, -0.25) is 0 Å². The van der Waals surface area contributed by atoms with Crippen molar-refractivity contribution in [2.45, 2.75) is 11.9 Å². The summed E-state index contributed by atoms with van der Waals surface area (Å²) in [7, 11) is 1.68. The van der Waals surface area contributed by atoms with Crippen molar-refractivity contribution in [2.75, 3.05) is 37.1 Å². The van der Waals surface area contributed by atoms with Crippen LogP contribution < -0.4 is 11.1 Å². The number of aromatic nitrogens is 2. The average molecular weight is 228 g/mol. The molecule has 0 unspecified atom stereocenters. The van der Waals surface area contributed by atoms with Crippen molar-refractivity contribution in [1.82, 2.24) is 9.97 Å². The van der Waals surface area contributed by atoms with Gasteiger partial charge in [-0.25, -0.2) is 4.98 Å². The SMILES string of the molecule is CCNc1cc(SCCOC)nc(N)n1. The second-order valence-electron chi connectivity index (χ2n) is 2.82. The van der Waals surface area contributed by atoms with Crippen molar-refractivity contribution in [3.05, 3.63) is 6.07 Å². The van der Waals surface area contributed by atoms with Crippen LogP contribution >= 0.6 is 11.8 Å². The Kier molecular flexibility index (Phi) is 5.20. The summed E-state index contributed by atoms with van der Waals surface area (Å²) in [5.41, 5.74) is 5.59. The van der Waals surface area contributed by atoms with Crippen LogP contribution in [0.1, 0.15) is 6.92 Å². The van der Waals surface area contributed by atoms with Crippen LogP contribution in [-0.4, -0.2) is 36.0 Å². The van der Waals surface area contributed by atoms with Gasteiger partial charge >= 0.3 is 0 Å². The molecule has 0 spiro atoms. The van der Waals surface area contributed by atoms with Gasteiger partial charge in [0.25, 0.3) is 0 Å². The molecule has 5 nitrogen and oxygen atoms in total. The van der Waals surface area contributed by atoms with Crippen LogP contribution in [0.2, 0.25) is 0 Å². The van der Waals surface area contributed by atoms with Gasteiger partial charge in [-0.15, -0.1) is 11.8 Å². The van der Waals surface area contributed by atoms with Gasteiger partial charge in [-0.2, -0.15) is 4.98 Å². The lowest BCUT2D eigenvalue weighted by Crippen LogP contribution is -2.04. The lowest BCUT2D eigenvalue weighted by molar-refractivity contribution is 0.218. The molecular formula is C9H16N4OS. The lowest BCUT2D eigenvalue weighted by Gasteiger charge is -2.05. The van der Waals surface area contributed by atoms with E-state index >= 15 is 0 Å². The molecule has 0 saturated heterocycles. The lowest BCUT2D eigenvalue weighted by atomic mass is 10.5. The number of nitrogen functional groups attached to an aromatic ring is 1. The molecule has 3 N–H and O–H groups in total. The fourth-order valence-electron chi connectivity index (χ4n) is 1.02. The topological polar surface area (TPSA) is 73.1 Å². The Morgan fingerprint density at radius 1 is 1.53 bits per heavy atom. The molecule has 0 aromatic carbocycles. The Bertz CT molecular complexity index is 308. The molecule has 0 atom stereocenters. The third kappa shape index (κ3) is 4.35. The molecule has 0 aliphatic rings. The highest BCUT2D eigenvalue weighted by molar-refractivity contribution is 7.99. The van der Waals surface area contributed by atoms with Crippen molar-refractivity contribution < 1.29 is 4.74 Å². The predicted octanol–water partition coefficient (Wildman–Crippen LogP) is 1.23. The normalized spacial score (nSPS) is 10.3. The summed E-state index contributed by atoms with van der Waals surface area (Å²) in [4.78, 5) is 8.18. The van der Waals surface area contributed by atoms with Crippen LogP contribution in [0, 0.1) is 0 Å². The van der Waals surface area contributed by atoms with Gasteiger partial charge < -0.3 is 15.8 Å². The van der Waals surface area contributed by atoms with Gasteiger partial charge in [0.1, 0.15) is 10.8 Å². The number of nitrogens with two attached hydrogens (primary N) is 1. The van der Waals surface area contributed by atoms with E-state index in [1.165, 1.54) is 0 Å². The molecule has 0 saturated carbocycles. The minimum Gasteiger partial charge on any atom is -0.384 e. The largest absolute Gasteiger partial charge is 0.384 e. The summed E-state index contributed by atoms with van der Waals surface area (Å²) >= 11 is 1.60. The number of ether oxygens (including phenoxy) is 1. The predicted molar refractivity (Wildman–Crippen MR) is 63.2 cm³/mol. The van der Waals surface area contributed by atoms with Crippen LogP contribution in [0.3, 0.4) is 0 Å². The first-order valence-corrected chi connectivity index (χ1v) is 5.75. The van der Waals surface area contributed by atoms with Crippen molar-refractivity contribution in [3.8, 4) is 0 Å². The summed E-state index contributed by atoms with van der Waals surface area (Å²) in [5.74, 6) is 1.93. The number of hydrogen-bond donors (Lipinski definition) is 2. The van der Waals surface area contributed by atoms with E-state index in [-0.39, 0.29) is 0 Å². The minimum absolute atomic E-state index is 0.299. The first kappa shape index (κ1) is 12.1. The number of anilines is 2. The van der Waals surface area contributed by atoms with E-state index in [1.54, 1.807) is 18.9 Å². The van der Waals surface area contributed by atoms with E-state index in [4.69, 9.17) is 10.5 Å². The van der Waals surface area contributed by atoms with Gasteiger partial charge in [-0.05, 0) is 6.92 Å². The zero-order valence-electron chi connectivity index (χ0n) is 8.99. The maximum absolute atomic E-state index is 5.59. The van der Waals surface area contributed by atoms with E-state index in [0.717, 1.165) is 23.1 Å². The monoisotopic (exact) mass is 228 g/mol. The molecule has 1 heterocycles. The quantitative estimate of drug-likeness (QED) is 0.433. The standard InChI is InChI=1S/C9H16N4OS/c1-3-11-7-6-8(13-9(10)12-7)15-5-4-14-2/h6H,3-5H2,1-2H3,(H3,10,11,12,13). The maximum Gasteiger partial charge on any atom is 0.223 e. The number of methoxy groups -OCH3 is 1.